The molecule has 1 aliphatic heterocycles. The number of hydrogen-bond acceptors (Lipinski definition) is 4. The number of aliphatic hydroxyl groups excluding tert-OH is 1. The van der Waals surface area contributed by atoms with Gasteiger partial charge in [-0.25, -0.2) is 0 Å². The Bertz CT molecular complexity index is 1250. The van der Waals surface area contributed by atoms with Crippen molar-refractivity contribution in [2.75, 3.05) is 12.0 Å². The van der Waals surface area contributed by atoms with Gasteiger partial charge in [0.15, 0.2) is 0 Å². The fourth-order valence-electron chi connectivity index (χ4n) is 3.79. The maximum Gasteiger partial charge on any atom is 0.300 e. The number of rotatable bonds is 4. The van der Waals surface area contributed by atoms with Crippen molar-refractivity contribution in [3.8, 4) is 5.75 Å². The number of aryl methyl sites for hydroxylation is 1. The number of benzene rings is 3. The van der Waals surface area contributed by atoms with E-state index < -0.39 is 17.7 Å². The lowest BCUT2D eigenvalue weighted by Crippen LogP contribution is -2.29. The lowest BCUT2D eigenvalue weighted by Gasteiger charge is -2.26. The lowest BCUT2D eigenvalue weighted by molar-refractivity contribution is -0.132. The van der Waals surface area contributed by atoms with Gasteiger partial charge in [0.1, 0.15) is 11.5 Å². The van der Waals surface area contributed by atoms with Crippen LogP contribution in [0.2, 0.25) is 10.0 Å². The summed E-state index contributed by atoms with van der Waals surface area (Å²) >= 11 is 12.2. The summed E-state index contributed by atoms with van der Waals surface area (Å²) in [5.74, 6) is -1.20. The smallest absolute Gasteiger partial charge is 0.300 e. The first-order chi connectivity index (χ1) is 15.3. The quantitative estimate of drug-likeness (QED) is 0.293. The van der Waals surface area contributed by atoms with Crippen LogP contribution in [0.5, 0.6) is 5.75 Å². The van der Waals surface area contributed by atoms with Crippen LogP contribution in [0, 0.1) is 6.92 Å². The molecule has 0 aromatic heterocycles. The highest BCUT2D eigenvalue weighted by Crippen LogP contribution is 2.43. The van der Waals surface area contributed by atoms with Crippen LogP contribution in [-0.2, 0) is 9.59 Å². The number of nitrogens with zero attached hydrogens (tertiary/aromatic N) is 1. The summed E-state index contributed by atoms with van der Waals surface area (Å²) in [4.78, 5) is 27.6. The number of hydrogen-bond donors (Lipinski definition) is 1. The Hall–Kier alpha value is -3.28. The Morgan fingerprint density at radius 1 is 0.969 bits per heavy atom. The fraction of sp³-hybridized carbons (Fsp3) is 0.120. The molecule has 1 atom stereocenters. The molecule has 1 fully saturated rings. The normalized spacial score (nSPS) is 17.6. The van der Waals surface area contributed by atoms with Gasteiger partial charge in [0.05, 0.1) is 28.8 Å². The minimum Gasteiger partial charge on any atom is -0.507 e. The summed E-state index contributed by atoms with van der Waals surface area (Å²) in [6.45, 7) is 1.91. The molecule has 4 rings (SSSR count). The highest BCUT2D eigenvalue weighted by molar-refractivity contribution is 6.52. The summed E-state index contributed by atoms with van der Waals surface area (Å²) in [5, 5.41) is 11.7. The maximum absolute atomic E-state index is 13.2. The van der Waals surface area contributed by atoms with Gasteiger partial charge in [-0.3, -0.25) is 14.5 Å². The van der Waals surface area contributed by atoms with Crippen molar-refractivity contribution in [3.63, 3.8) is 0 Å². The molecule has 1 amide bonds. The molecule has 162 valence electrons. The van der Waals surface area contributed by atoms with Crippen molar-refractivity contribution >= 4 is 46.3 Å². The van der Waals surface area contributed by atoms with Crippen molar-refractivity contribution < 1.29 is 19.4 Å². The number of halogens is 2. The van der Waals surface area contributed by atoms with E-state index in [0.717, 1.165) is 5.56 Å². The molecule has 3 aromatic rings. The zero-order valence-corrected chi connectivity index (χ0v) is 18.8. The topological polar surface area (TPSA) is 66.8 Å². The van der Waals surface area contributed by atoms with Gasteiger partial charge in [0.25, 0.3) is 11.7 Å². The molecular formula is C25H19Cl2NO4. The van der Waals surface area contributed by atoms with Crippen molar-refractivity contribution in [1.82, 2.24) is 0 Å². The summed E-state index contributed by atoms with van der Waals surface area (Å²) in [6, 6.07) is 17.9. The number of ether oxygens (including phenoxy) is 1. The molecule has 0 radical (unpaired) electrons. The molecule has 1 unspecified atom stereocenters. The average Bonchev–Trinajstić information content (AvgIpc) is 3.06. The Labute approximate surface area is 195 Å². The lowest BCUT2D eigenvalue weighted by atomic mass is 9.94. The standard InChI is InChI=1S/C25H19Cl2NO4/c1-14-4-3-5-16(12-14)22-21(23(29)15-6-9-18(32-2)10-7-15)24(30)25(31)28(22)17-8-11-19(26)20(27)13-17/h3-13,22,29H,1-2H3/b23-21+. The van der Waals surface area contributed by atoms with Gasteiger partial charge < -0.3 is 9.84 Å². The number of carbonyl (C=O) groups is 2. The van der Waals surface area contributed by atoms with E-state index in [2.05, 4.69) is 0 Å². The summed E-state index contributed by atoms with van der Waals surface area (Å²) < 4.78 is 5.16. The fourth-order valence-corrected chi connectivity index (χ4v) is 4.09. The predicted molar refractivity (Wildman–Crippen MR) is 125 cm³/mol. The Morgan fingerprint density at radius 2 is 1.69 bits per heavy atom. The second kappa shape index (κ2) is 8.69. The van der Waals surface area contributed by atoms with E-state index in [1.165, 1.54) is 18.1 Å². The van der Waals surface area contributed by atoms with Gasteiger partial charge in [0.2, 0.25) is 0 Å². The van der Waals surface area contributed by atoms with Gasteiger partial charge >= 0.3 is 0 Å². The van der Waals surface area contributed by atoms with Gasteiger partial charge in [0, 0.05) is 11.3 Å². The van der Waals surface area contributed by atoms with Crippen LogP contribution in [0.3, 0.4) is 0 Å². The number of carbonyl (C=O) groups excluding carboxylic acids is 2. The van der Waals surface area contributed by atoms with Gasteiger partial charge in [-0.1, -0.05) is 53.0 Å². The molecule has 0 bridgehead atoms. The molecule has 1 aliphatic rings. The molecule has 0 saturated carbocycles. The second-order valence-corrected chi connectivity index (χ2v) is 8.22. The number of methoxy groups -OCH3 is 1. The van der Waals surface area contributed by atoms with E-state index in [4.69, 9.17) is 27.9 Å². The average molecular weight is 468 g/mol. The summed E-state index contributed by atoms with van der Waals surface area (Å²) in [7, 11) is 1.54. The van der Waals surface area contributed by atoms with Crippen LogP contribution in [0.4, 0.5) is 5.69 Å². The van der Waals surface area contributed by atoms with Crippen LogP contribution in [0.15, 0.2) is 72.3 Å². The molecule has 7 heteroatoms. The van der Waals surface area contributed by atoms with Crippen molar-refractivity contribution in [2.24, 2.45) is 0 Å². The minimum atomic E-state index is -0.839. The van der Waals surface area contributed by atoms with Crippen LogP contribution < -0.4 is 9.64 Å². The van der Waals surface area contributed by atoms with Crippen LogP contribution in [0.25, 0.3) is 5.76 Å². The van der Waals surface area contributed by atoms with E-state index in [0.29, 0.717) is 27.6 Å². The first-order valence-corrected chi connectivity index (χ1v) is 10.5. The third kappa shape index (κ3) is 3.85. The largest absolute Gasteiger partial charge is 0.507 e. The number of amides is 1. The van der Waals surface area contributed by atoms with Gasteiger partial charge in [-0.05, 0) is 55.0 Å². The molecule has 1 heterocycles. The van der Waals surface area contributed by atoms with Crippen molar-refractivity contribution in [3.05, 3.63) is 99.0 Å². The third-order valence-electron chi connectivity index (χ3n) is 5.35. The van der Waals surface area contributed by atoms with Crippen LogP contribution in [0.1, 0.15) is 22.7 Å². The van der Waals surface area contributed by atoms with E-state index >= 15 is 0 Å². The molecule has 5 nitrogen and oxygen atoms in total. The predicted octanol–water partition coefficient (Wildman–Crippen LogP) is 5.94. The maximum atomic E-state index is 13.2. The molecule has 1 N–H and O–H groups in total. The third-order valence-corrected chi connectivity index (χ3v) is 6.09. The molecule has 1 saturated heterocycles. The van der Waals surface area contributed by atoms with Gasteiger partial charge in [-0.2, -0.15) is 0 Å². The first-order valence-electron chi connectivity index (χ1n) is 9.79. The Balaban J connectivity index is 1.94. The Kier molecular flexibility index (Phi) is 5.96. The first kappa shape index (κ1) is 21.9. The minimum absolute atomic E-state index is 0.00293. The molecule has 0 spiro atoms. The SMILES string of the molecule is COc1ccc(/C(O)=C2\C(=O)C(=O)N(c3ccc(Cl)c(Cl)c3)C2c2cccc(C)c2)cc1. The van der Waals surface area contributed by atoms with Gasteiger partial charge in [-0.15, -0.1) is 0 Å². The zero-order chi connectivity index (χ0) is 23.0. The highest BCUT2D eigenvalue weighted by atomic mass is 35.5. The van der Waals surface area contributed by atoms with E-state index in [1.54, 1.807) is 36.4 Å². The molecular weight excluding hydrogens is 449 g/mol. The van der Waals surface area contributed by atoms with Crippen LogP contribution >= 0.6 is 23.2 Å². The molecule has 3 aromatic carbocycles. The second-order valence-electron chi connectivity index (χ2n) is 7.41. The Morgan fingerprint density at radius 3 is 2.31 bits per heavy atom. The summed E-state index contributed by atoms with van der Waals surface area (Å²) in [6.07, 6.45) is 0. The highest BCUT2D eigenvalue weighted by Gasteiger charge is 2.47. The number of Topliss-reactive ketones (excluding diaryl/α,β-unsaturated/α-hetero) is 1. The number of anilines is 1. The summed E-state index contributed by atoms with van der Waals surface area (Å²) in [5.41, 5.74) is 2.44. The van der Waals surface area contributed by atoms with E-state index in [-0.39, 0.29) is 16.4 Å². The van der Waals surface area contributed by atoms with Crippen LogP contribution in [-0.4, -0.2) is 23.9 Å². The van der Waals surface area contributed by atoms with E-state index in [9.17, 15) is 14.7 Å². The number of ketones is 1. The molecule has 32 heavy (non-hydrogen) atoms. The number of aliphatic hydroxyl groups is 1. The van der Waals surface area contributed by atoms with Crippen molar-refractivity contribution in [1.29, 1.82) is 0 Å². The zero-order valence-electron chi connectivity index (χ0n) is 17.3. The monoisotopic (exact) mass is 467 g/mol. The molecule has 0 aliphatic carbocycles. The van der Waals surface area contributed by atoms with E-state index in [1.807, 2.05) is 31.2 Å². The van der Waals surface area contributed by atoms with Crippen molar-refractivity contribution in [2.45, 2.75) is 13.0 Å².